The van der Waals surface area contributed by atoms with Gasteiger partial charge in [-0.05, 0) is 17.0 Å². The van der Waals surface area contributed by atoms with Crippen LogP contribution in [0.1, 0.15) is 31.0 Å². The van der Waals surface area contributed by atoms with Crippen molar-refractivity contribution in [2.45, 2.75) is 32.0 Å². The van der Waals surface area contributed by atoms with Gasteiger partial charge in [0.05, 0.1) is 0 Å². The van der Waals surface area contributed by atoms with Crippen molar-refractivity contribution < 1.29 is 13.2 Å². The summed E-state index contributed by atoms with van der Waals surface area (Å²) in [6.45, 7) is 3.74. The third kappa shape index (κ3) is 1.59. The number of aromatic nitrogens is 1. The second-order valence-electron chi connectivity index (χ2n) is 4.76. The Balaban J connectivity index is 2.44. The minimum absolute atomic E-state index is 0.215. The van der Waals surface area contributed by atoms with Crippen LogP contribution in [0.25, 0.3) is 0 Å². The Morgan fingerprint density at radius 3 is 2.38 bits per heavy atom. The standard InChI is InChI=1S/C11H13F3N2/c1-10(2)7(8(10)15)6-4-3-5-16-9(6)11(12,13)14/h3-5,7-8H,15H2,1-2H3/t7-,8-/m1/s1. The van der Waals surface area contributed by atoms with Crippen LogP contribution in [0.3, 0.4) is 0 Å². The number of hydrogen-bond acceptors (Lipinski definition) is 2. The van der Waals surface area contributed by atoms with Gasteiger partial charge in [-0.2, -0.15) is 13.2 Å². The molecule has 1 aliphatic rings. The Morgan fingerprint density at radius 1 is 1.38 bits per heavy atom. The van der Waals surface area contributed by atoms with Crippen LogP contribution >= 0.6 is 0 Å². The topological polar surface area (TPSA) is 38.9 Å². The summed E-state index contributed by atoms with van der Waals surface area (Å²) in [7, 11) is 0. The van der Waals surface area contributed by atoms with E-state index in [1.807, 2.05) is 13.8 Å². The summed E-state index contributed by atoms with van der Waals surface area (Å²) in [6.07, 6.45) is -3.25. The maximum atomic E-state index is 12.7. The molecule has 88 valence electrons. The first-order valence-electron chi connectivity index (χ1n) is 5.04. The van der Waals surface area contributed by atoms with Gasteiger partial charge in [0.15, 0.2) is 0 Å². The molecule has 1 fully saturated rings. The van der Waals surface area contributed by atoms with Gasteiger partial charge in [-0.3, -0.25) is 4.98 Å². The zero-order chi connectivity index (χ0) is 12.1. The molecule has 0 radical (unpaired) electrons. The lowest BCUT2D eigenvalue weighted by molar-refractivity contribution is -0.141. The van der Waals surface area contributed by atoms with Gasteiger partial charge in [-0.25, -0.2) is 0 Å². The molecular weight excluding hydrogens is 217 g/mol. The Kier molecular flexibility index (Phi) is 2.28. The molecule has 2 nitrogen and oxygen atoms in total. The first-order valence-corrected chi connectivity index (χ1v) is 5.04. The highest BCUT2D eigenvalue weighted by atomic mass is 19.4. The van der Waals surface area contributed by atoms with Crippen LogP contribution in [-0.4, -0.2) is 11.0 Å². The Hall–Kier alpha value is -1.10. The molecule has 0 spiro atoms. The molecule has 1 heterocycles. The zero-order valence-electron chi connectivity index (χ0n) is 9.05. The van der Waals surface area contributed by atoms with Crippen LogP contribution < -0.4 is 5.73 Å². The summed E-state index contributed by atoms with van der Waals surface area (Å²) in [5.41, 5.74) is 4.93. The van der Waals surface area contributed by atoms with Crippen molar-refractivity contribution >= 4 is 0 Å². The SMILES string of the molecule is CC1(C)[C@H](N)[C@H]1c1cccnc1C(F)(F)F. The predicted molar refractivity (Wildman–Crippen MR) is 53.7 cm³/mol. The molecule has 0 aliphatic heterocycles. The molecule has 5 heteroatoms. The van der Waals surface area contributed by atoms with E-state index in [0.29, 0.717) is 0 Å². The van der Waals surface area contributed by atoms with Crippen molar-refractivity contribution in [2.24, 2.45) is 11.1 Å². The average molecular weight is 230 g/mol. The second kappa shape index (κ2) is 3.20. The maximum Gasteiger partial charge on any atom is 0.433 e. The molecule has 2 atom stereocenters. The van der Waals surface area contributed by atoms with E-state index in [0.717, 1.165) is 6.20 Å². The van der Waals surface area contributed by atoms with Crippen molar-refractivity contribution in [3.63, 3.8) is 0 Å². The van der Waals surface area contributed by atoms with Gasteiger partial charge in [-0.15, -0.1) is 0 Å². The predicted octanol–water partition coefficient (Wildman–Crippen LogP) is 2.55. The number of pyridine rings is 1. The van der Waals surface area contributed by atoms with E-state index < -0.39 is 11.9 Å². The van der Waals surface area contributed by atoms with Crippen LogP contribution in [0.2, 0.25) is 0 Å². The first kappa shape index (κ1) is 11.4. The average Bonchev–Trinajstić information content (AvgIpc) is 2.65. The molecular formula is C11H13F3N2. The molecule has 0 saturated heterocycles. The summed E-state index contributed by atoms with van der Waals surface area (Å²) < 4.78 is 38.1. The lowest BCUT2D eigenvalue weighted by Crippen LogP contribution is -2.13. The third-order valence-corrected chi connectivity index (χ3v) is 3.35. The van der Waals surface area contributed by atoms with Gasteiger partial charge in [0, 0.05) is 18.2 Å². The fraction of sp³-hybridized carbons (Fsp3) is 0.545. The summed E-state index contributed by atoms with van der Waals surface area (Å²) in [4.78, 5) is 3.43. The summed E-state index contributed by atoms with van der Waals surface area (Å²) in [5, 5.41) is 0. The van der Waals surface area contributed by atoms with Crippen molar-refractivity contribution in [3.05, 3.63) is 29.6 Å². The van der Waals surface area contributed by atoms with Gasteiger partial charge < -0.3 is 5.73 Å². The molecule has 0 amide bonds. The van der Waals surface area contributed by atoms with Gasteiger partial charge >= 0.3 is 6.18 Å². The molecule has 0 aromatic carbocycles. The van der Waals surface area contributed by atoms with E-state index in [2.05, 4.69) is 4.98 Å². The van der Waals surface area contributed by atoms with Gasteiger partial charge in [0.1, 0.15) is 5.69 Å². The highest BCUT2D eigenvalue weighted by Crippen LogP contribution is 2.58. The number of rotatable bonds is 1. The first-order chi connectivity index (χ1) is 7.26. The van der Waals surface area contributed by atoms with Crippen LogP contribution in [0, 0.1) is 5.41 Å². The van der Waals surface area contributed by atoms with Gasteiger partial charge in [0.2, 0.25) is 0 Å². The second-order valence-corrected chi connectivity index (χ2v) is 4.76. The molecule has 1 saturated carbocycles. The lowest BCUT2D eigenvalue weighted by atomic mass is 10.0. The van der Waals surface area contributed by atoms with Gasteiger partial charge in [-0.1, -0.05) is 19.9 Å². The smallest absolute Gasteiger partial charge is 0.327 e. The fourth-order valence-corrected chi connectivity index (χ4v) is 2.18. The van der Waals surface area contributed by atoms with Crippen LogP contribution in [0.5, 0.6) is 0 Å². The van der Waals surface area contributed by atoms with Crippen LogP contribution in [0.4, 0.5) is 13.2 Å². The zero-order valence-corrected chi connectivity index (χ0v) is 9.05. The van der Waals surface area contributed by atoms with Gasteiger partial charge in [0.25, 0.3) is 0 Å². The molecule has 2 rings (SSSR count). The summed E-state index contributed by atoms with van der Waals surface area (Å²) >= 11 is 0. The molecule has 2 N–H and O–H groups in total. The Bertz CT molecular complexity index is 412. The molecule has 0 bridgehead atoms. The normalized spacial score (nSPS) is 27.9. The highest BCUT2D eigenvalue weighted by Gasteiger charge is 2.58. The van der Waals surface area contributed by atoms with Crippen molar-refractivity contribution in [1.82, 2.24) is 4.98 Å². The number of nitrogens with zero attached hydrogens (tertiary/aromatic N) is 1. The molecule has 16 heavy (non-hydrogen) atoms. The van der Waals surface area contributed by atoms with Crippen molar-refractivity contribution in [1.29, 1.82) is 0 Å². The molecule has 1 aromatic heterocycles. The highest BCUT2D eigenvalue weighted by molar-refractivity contribution is 5.37. The number of halogens is 3. The number of hydrogen-bond donors (Lipinski definition) is 1. The van der Waals surface area contributed by atoms with Crippen LogP contribution in [-0.2, 0) is 6.18 Å². The van der Waals surface area contributed by atoms with E-state index in [4.69, 9.17) is 5.73 Å². The van der Waals surface area contributed by atoms with Crippen molar-refractivity contribution in [3.8, 4) is 0 Å². The van der Waals surface area contributed by atoms with E-state index in [1.165, 1.54) is 12.1 Å². The molecule has 1 aromatic rings. The Morgan fingerprint density at radius 2 is 1.94 bits per heavy atom. The number of nitrogens with two attached hydrogens (primary N) is 1. The Labute approximate surface area is 91.7 Å². The minimum atomic E-state index is -4.41. The van der Waals surface area contributed by atoms with Crippen molar-refractivity contribution in [2.75, 3.05) is 0 Å². The quantitative estimate of drug-likeness (QED) is 0.805. The maximum absolute atomic E-state index is 12.7. The third-order valence-electron chi connectivity index (χ3n) is 3.35. The van der Waals surface area contributed by atoms with E-state index >= 15 is 0 Å². The molecule has 0 unspecified atom stereocenters. The summed E-state index contributed by atoms with van der Waals surface area (Å²) in [5.74, 6) is -0.252. The van der Waals surface area contributed by atoms with E-state index in [9.17, 15) is 13.2 Å². The largest absolute Gasteiger partial charge is 0.433 e. The molecule has 1 aliphatic carbocycles. The van der Waals surface area contributed by atoms with E-state index in [1.54, 1.807) is 0 Å². The monoisotopic (exact) mass is 230 g/mol. The minimum Gasteiger partial charge on any atom is -0.327 e. The number of alkyl halides is 3. The van der Waals surface area contributed by atoms with E-state index in [-0.39, 0.29) is 22.9 Å². The summed E-state index contributed by atoms with van der Waals surface area (Å²) in [6, 6.07) is 2.76. The fourth-order valence-electron chi connectivity index (χ4n) is 2.18. The lowest BCUT2D eigenvalue weighted by Gasteiger charge is -2.11. The van der Waals surface area contributed by atoms with Crippen LogP contribution in [0.15, 0.2) is 18.3 Å².